The summed E-state index contributed by atoms with van der Waals surface area (Å²) in [6.07, 6.45) is 4.59. The van der Waals surface area contributed by atoms with Gasteiger partial charge in [-0.25, -0.2) is 16.8 Å². The summed E-state index contributed by atoms with van der Waals surface area (Å²) in [4.78, 5) is 13.0. The van der Waals surface area contributed by atoms with Crippen molar-refractivity contribution in [2.75, 3.05) is 31.6 Å². The molecule has 1 N–H and O–H groups in total. The molecule has 2 atom stereocenters. The summed E-state index contributed by atoms with van der Waals surface area (Å²) in [5.41, 5.74) is 2.57. The molecule has 0 radical (unpaired) electrons. The third-order valence-electron chi connectivity index (χ3n) is 7.37. The van der Waals surface area contributed by atoms with Gasteiger partial charge in [-0.15, -0.1) is 0 Å². The summed E-state index contributed by atoms with van der Waals surface area (Å²) >= 11 is 0. The molecule has 39 heavy (non-hydrogen) atoms. The molecule has 11 heteroatoms. The Morgan fingerprint density at radius 2 is 1.64 bits per heavy atom. The molecule has 0 bridgehead atoms. The molecule has 2 heterocycles. The van der Waals surface area contributed by atoms with Gasteiger partial charge in [-0.05, 0) is 93.5 Å². The van der Waals surface area contributed by atoms with Gasteiger partial charge in [-0.1, -0.05) is 19.4 Å². The van der Waals surface area contributed by atoms with Gasteiger partial charge in [-0.3, -0.25) is 4.79 Å². The van der Waals surface area contributed by atoms with Crippen molar-refractivity contribution in [3.8, 4) is 0 Å². The largest absolute Gasteiger partial charge is 0.377 e. The Labute approximate surface area is 232 Å². The number of piperidine rings is 1. The summed E-state index contributed by atoms with van der Waals surface area (Å²) in [5.74, 6) is -0.462. The lowest BCUT2D eigenvalue weighted by atomic mass is 10.0. The van der Waals surface area contributed by atoms with Gasteiger partial charge in [-0.2, -0.15) is 8.61 Å². The zero-order valence-electron chi connectivity index (χ0n) is 22.9. The molecule has 0 aliphatic carbocycles. The van der Waals surface area contributed by atoms with E-state index in [4.69, 9.17) is 4.74 Å². The maximum absolute atomic E-state index is 13.7. The Kier molecular flexibility index (Phi) is 9.49. The van der Waals surface area contributed by atoms with Gasteiger partial charge in [0, 0.05) is 31.4 Å². The van der Waals surface area contributed by atoms with Crippen molar-refractivity contribution >= 4 is 31.6 Å². The van der Waals surface area contributed by atoms with E-state index in [1.165, 1.54) is 24.3 Å². The minimum Gasteiger partial charge on any atom is -0.377 e. The highest BCUT2D eigenvalue weighted by atomic mass is 32.2. The quantitative estimate of drug-likeness (QED) is 0.456. The van der Waals surface area contributed by atoms with E-state index in [9.17, 15) is 21.6 Å². The van der Waals surface area contributed by atoms with Crippen LogP contribution in [0, 0.1) is 13.8 Å². The molecular weight excluding hydrogens is 538 g/mol. The normalized spacial score (nSPS) is 20.8. The molecule has 2 fully saturated rings. The van der Waals surface area contributed by atoms with Crippen LogP contribution in [0.5, 0.6) is 0 Å². The first-order valence-corrected chi connectivity index (χ1v) is 16.5. The van der Waals surface area contributed by atoms with Crippen molar-refractivity contribution in [1.29, 1.82) is 0 Å². The Hall–Kier alpha value is -2.31. The van der Waals surface area contributed by atoms with E-state index in [-0.39, 0.29) is 35.0 Å². The first-order chi connectivity index (χ1) is 18.5. The van der Waals surface area contributed by atoms with E-state index in [0.717, 1.165) is 47.5 Å². The summed E-state index contributed by atoms with van der Waals surface area (Å²) in [5, 5.41) is 2.81. The van der Waals surface area contributed by atoms with Crippen LogP contribution in [-0.4, -0.2) is 69.7 Å². The number of benzene rings is 2. The van der Waals surface area contributed by atoms with E-state index in [2.05, 4.69) is 5.32 Å². The molecule has 2 aliphatic rings. The molecular formula is C28H39N3O6S2. The van der Waals surface area contributed by atoms with Crippen LogP contribution >= 0.6 is 0 Å². The van der Waals surface area contributed by atoms with E-state index < -0.39 is 26.0 Å². The number of anilines is 1. The number of sulfonamides is 2. The second-order valence-corrected chi connectivity index (χ2v) is 14.3. The van der Waals surface area contributed by atoms with Gasteiger partial charge >= 0.3 is 0 Å². The zero-order chi connectivity index (χ0) is 28.2. The second kappa shape index (κ2) is 12.5. The van der Waals surface area contributed by atoms with Gasteiger partial charge in [0.2, 0.25) is 26.0 Å². The van der Waals surface area contributed by atoms with Crippen LogP contribution < -0.4 is 5.32 Å². The van der Waals surface area contributed by atoms with Crippen LogP contribution in [0.2, 0.25) is 0 Å². The number of nitrogens with one attached hydrogen (secondary N) is 1. The Morgan fingerprint density at radius 1 is 0.974 bits per heavy atom. The van der Waals surface area contributed by atoms with Gasteiger partial charge < -0.3 is 10.1 Å². The molecule has 2 aromatic carbocycles. The van der Waals surface area contributed by atoms with E-state index in [1.807, 2.05) is 39.0 Å². The SMILES string of the molecule is CC[C@H]1CCCCN1S(=O)(=O)c1ccc(S(=O)(=O)N(CC(=O)Nc2cc(C)cc(C)c2)C[C@@H]2CCCO2)cc1. The summed E-state index contributed by atoms with van der Waals surface area (Å²) in [7, 11) is -7.86. The fourth-order valence-corrected chi connectivity index (χ4v) is 8.63. The lowest BCUT2D eigenvalue weighted by Crippen LogP contribution is -2.43. The molecule has 9 nitrogen and oxygen atoms in total. The van der Waals surface area contributed by atoms with Crippen LogP contribution in [0.3, 0.4) is 0 Å². The van der Waals surface area contributed by atoms with Gasteiger partial charge in [0.1, 0.15) is 0 Å². The number of carbonyl (C=O) groups is 1. The monoisotopic (exact) mass is 577 g/mol. The zero-order valence-corrected chi connectivity index (χ0v) is 24.6. The van der Waals surface area contributed by atoms with E-state index in [1.54, 1.807) is 4.31 Å². The number of carbonyl (C=O) groups excluding carboxylic acids is 1. The van der Waals surface area contributed by atoms with E-state index >= 15 is 0 Å². The van der Waals surface area contributed by atoms with Crippen LogP contribution in [0.15, 0.2) is 52.3 Å². The van der Waals surface area contributed by atoms with Crippen molar-refractivity contribution < 1.29 is 26.4 Å². The fourth-order valence-electron chi connectivity index (χ4n) is 5.44. The minimum absolute atomic E-state index is 0.0363. The highest BCUT2D eigenvalue weighted by molar-refractivity contribution is 7.89. The number of ether oxygens (including phenoxy) is 1. The smallest absolute Gasteiger partial charge is 0.243 e. The Morgan fingerprint density at radius 3 is 2.26 bits per heavy atom. The van der Waals surface area contributed by atoms with Crippen LogP contribution in [0.25, 0.3) is 0 Å². The number of amides is 1. The molecule has 0 aromatic heterocycles. The fraction of sp³-hybridized carbons (Fsp3) is 0.536. The van der Waals surface area contributed by atoms with Crippen LogP contribution in [0.4, 0.5) is 5.69 Å². The molecule has 4 rings (SSSR count). The number of hydrogen-bond donors (Lipinski definition) is 1. The highest BCUT2D eigenvalue weighted by Crippen LogP contribution is 2.28. The van der Waals surface area contributed by atoms with Crippen LogP contribution in [-0.2, 0) is 29.6 Å². The average molecular weight is 578 g/mol. The third kappa shape index (κ3) is 7.07. The van der Waals surface area contributed by atoms with Gasteiger partial charge in [0.25, 0.3) is 0 Å². The molecule has 0 unspecified atom stereocenters. The molecule has 0 spiro atoms. The molecule has 1 amide bonds. The van der Waals surface area contributed by atoms with Crippen molar-refractivity contribution in [3.63, 3.8) is 0 Å². The predicted molar refractivity (Wildman–Crippen MR) is 151 cm³/mol. The maximum atomic E-state index is 13.7. The number of nitrogens with zero attached hydrogens (tertiary/aromatic N) is 2. The molecule has 2 saturated heterocycles. The summed E-state index contributed by atoms with van der Waals surface area (Å²) in [6, 6.07) is 10.9. The topological polar surface area (TPSA) is 113 Å². The lowest BCUT2D eigenvalue weighted by molar-refractivity contribution is -0.116. The maximum Gasteiger partial charge on any atom is 0.243 e. The summed E-state index contributed by atoms with van der Waals surface area (Å²) < 4.78 is 62.5. The molecule has 2 aromatic rings. The number of aryl methyl sites for hydroxylation is 2. The predicted octanol–water partition coefficient (Wildman–Crippen LogP) is 4.07. The Bertz CT molecular complexity index is 1350. The summed E-state index contributed by atoms with van der Waals surface area (Å²) in [6.45, 7) is 6.49. The highest BCUT2D eigenvalue weighted by Gasteiger charge is 2.34. The van der Waals surface area contributed by atoms with Crippen molar-refractivity contribution in [1.82, 2.24) is 8.61 Å². The third-order valence-corrected chi connectivity index (χ3v) is 11.2. The van der Waals surface area contributed by atoms with Crippen molar-refractivity contribution in [3.05, 3.63) is 53.6 Å². The van der Waals surface area contributed by atoms with Gasteiger partial charge in [0.15, 0.2) is 0 Å². The minimum atomic E-state index is -4.11. The Balaban J connectivity index is 1.56. The van der Waals surface area contributed by atoms with E-state index in [0.29, 0.717) is 25.3 Å². The molecule has 0 saturated carbocycles. The number of rotatable bonds is 10. The molecule has 2 aliphatic heterocycles. The first-order valence-electron chi connectivity index (χ1n) is 13.6. The van der Waals surface area contributed by atoms with Crippen molar-refractivity contribution in [2.45, 2.75) is 81.2 Å². The van der Waals surface area contributed by atoms with Gasteiger partial charge in [0.05, 0.1) is 22.4 Å². The first kappa shape index (κ1) is 29.7. The van der Waals surface area contributed by atoms with Crippen molar-refractivity contribution in [2.24, 2.45) is 0 Å². The van der Waals surface area contributed by atoms with Crippen LogP contribution in [0.1, 0.15) is 56.6 Å². The lowest BCUT2D eigenvalue weighted by Gasteiger charge is -2.34. The average Bonchev–Trinajstić information content (AvgIpc) is 3.41. The number of hydrogen-bond acceptors (Lipinski definition) is 6. The second-order valence-electron chi connectivity index (χ2n) is 10.5. The molecule has 214 valence electrons. The standard InChI is InChI=1S/C28H39N3O6S2/c1-4-24-8-5-6-14-31(24)39(35,36)27-12-10-26(11-13-27)38(33,34)30(19-25-9-7-15-37-25)20-28(32)29-23-17-21(2)16-22(3)18-23/h10-13,16-18,24-25H,4-9,14-15,19-20H2,1-3H3,(H,29,32)/t24-,25-/m0/s1.